The van der Waals surface area contributed by atoms with Gasteiger partial charge >= 0.3 is 0 Å². The van der Waals surface area contributed by atoms with Gasteiger partial charge in [0.15, 0.2) is 0 Å². The molecule has 5 rings (SSSR count). The Kier molecular flexibility index (Phi) is 9.31. The molecule has 0 fully saturated rings. The first kappa shape index (κ1) is 28.1. The Labute approximate surface area is 239 Å². The van der Waals surface area contributed by atoms with Gasteiger partial charge in [-0.1, -0.05) is 99.1 Å². The molecule has 5 aromatic rings. The largest absolute Gasteiger partial charge is 0.396 e. The van der Waals surface area contributed by atoms with Gasteiger partial charge in [-0.3, -0.25) is 0 Å². The Bertz CT molecular complexity index is 1580. The molecule has 1 unspecified atom stereocenters. The summed E-state index contributed by atoms with van der Waals surface area (Å²) in [4.78, 5) is 0. The lowest BCUT2D eigenvalue weighted by Gasteiger charge is -2.15. The number of hydrogen-bond acceptors (Lipinski definition) is 2. The molecular weight excluding hydrogens is 488 g/mol. The van der Waals surface area contributed by atoms with Gasteiger partial charge in [0.2, 0.25) is 0 Å². The molecule has 0 spiro atoms. The minimum absolute atomic E-state index is 0.152. The van der Waals surface area contributed by atoms with E-state index in [9.17, 15) is 5.11 Å². The summed E-state index contributed by atoms with van der Waals surface area (Å²) in [6.07, 6.45) is 6.24. The minimum atomic E-state index is 0.152. The molecule has 206 valence electrons. The highest BCUT2D eigenvalue weighted by atomic mass is 16.5. The maximum absolute atomic E-state index is 9.64. The summed E-state index contributed by atoms with van der Waals surface area (Å²) in [6.45, 7) is 5.21. The molecular formula is C38H42O2. The van der Waals surface area contributed by atoms with Crippen LogP contribution in [0.3, 0.4) is 0 Å². The van der Waals surface area contributed by atoms with Gasteiger partial charge in [-0.2, -0.15) is 0 Å². The normalized spacial score (nSPS) is 12.3. The molecule has 1 N–H and O–H groups in total. The molecule has 0 radical (unpaired) electrons. The Morgan fingerprint density at radius 3 is 1.75 bits per heavy atom. The molecule has 0 aliphatic rings. The van der Waals surface area contributed by atoms with Crippen LogP contribution in [-0.4, -0.2) is 25.4 Å². The predicted octanol–water partition coefficient (Wildman–Crippen LogP) is 8.76. The summed E-state index contributed by atoms with van der Waals surface area (Å²) < 4.78 is 5.26. The third-order valence-corrected chi connectivity index (χ3v) is 8.20. The molecule has 0 aliphatic carbocycles. The van der Waals surface area contributed by atoms with E-state index in [0.29, 0.717) is 6.61 Å². The van der Waals surface area contributed by atoms with Crippen molar-refractivity contribution in [2.75, 3.05) is 20.3 Å². The van der Waals surface area contributed by atoms with Crippen LogP contribution in [0.2, 0.25) is 0 Å². The van der Waals surface area contributed by atoms with Crippen molar-refractivity contribution >= 4 is 21.5 Å². The molecule has 0 saturated carbocycles. The second-order valence-electron chi connectivity index (χ2n) is 11.2. The Balaban J connectivity index is 1.29. The number of ether oxygens (including phenoxy) is 1. The van der Waals surface area contributed by atoms with Gasteiger partial charge in [-0.05, 0) is 105 Å². The zero-order valence-electron chi connectivity index (χ0n) is 24.2. The van der Waals surface area contributed by atoms with E-state index in [2.05, 4.69) is 105 Å². The van der Waals surface area contributed by atoms with Crippen molar-refractivity contribution in [2.24, 2.45) is 5.92 Å². The average Bonchev–Trinajstić information content (AvgIpc) is 2.99. The van der Waals surface area contributed by atoms with E-state index in [0.717, 1.165) is 32.1 Å². The molecule has 2 nitrogen and oxygen atoms in total. The van der Waals surface area contributed by atoms with Crippen LogP contribution in [0.4, 0.5) is 0 Å². The first-order chi connectivity index (χ1) is 19.6. The highest BCUT2D eigenvalue weighted by molar-refractivity contribution is 5.91. The SMILES string of the molecule is CCCc1ccc2cc(-c3ccc4cc(CCc5ccc(CC(CO)COC)cc5CC)ccc4c3)ccc2c1. The highest BCUT2D eigenvalue weighted by Gasteiger charge is 2.11. The van der Waals surface area contributed by atoms with Gasteiger partial charge < -0.3 is 9.84 Å². The molecule has 5 aromatic carbocycles. The summed E-state index contributed by atoms with van der Waals surface area (Å²) in [5, 5.41) is 14.8. The van der Waals surface area contributed by atoms with Crippen LogP contribution < -0.4 is 0 Å². The van der Waals surface area contributed by atoms with Crippen molar-refractivity contribution in [3.05, 3.63) is 119 Å². The first-order valence-electron chi connectivity index (χ1n) is 14.9. The molecule has 0 saturated heterocycles. The van der Waals surface area contributed by atoms with Crippen LogP contribution in [-0.2, 0) is 36.8 Å². The lowest BCUT2D eigenvalue weighted by atomic mass is 9.92. The number of rotatable bonds is 12. The zero-order chi connectivity index (χ0) is 27.9. The van der Waals surface area contributed by atoms with Crippen LogP contribution in [0.25, 0.3) is 32.7 Å². The van der Waals surface area contributed by atoms with Crippen LogP contribution in [0.15, 0.2) is 91.0 Å². The summed E-state index contributed by atoms with van der Waals surface area (Å²) in [5.74, 6) is 0.152. The van der Waals surface area contributed by atoms with Gasteiger partial charge in [0.05, 0.1) is 6.61 Å². The topological polar surface area (TPSA) is 29.5 Å². The predicted molar refractivity (Wildman–Crippen MR) is 170 cm³/mol. The third kappa shape index (κ3) is 6.63. The minimum Gasteiger partial charge on any atom is -0.396 e. The van der Waals surface area contributed by atoms with Crippen LogP contribution in [0.5, 0.6) is 0 Å². The maximum Gasteiger partial charge on any atom is 0.0515 e. The fourth-order valence-electron chi connectivity index (χ4n) is 5.95. The maximum atomic E-state index is 9.64. The van der Waals surface area contributed by atoms with Crippen molar-refractivity contribution in [1.82, 2.24) is 0 Å². The number of hydrogen-bond donors (Lipinski definition) is 1. The number of aliphatic hydroxyl groups is 1. The van der Waals surface area contributed by atoms with Crippen LogP contribution >= 0.6 is 0 Å². The Morgan fingerprint density at radius 2 is 1.18 bits per heavy atom. The van der Waals surface area contributed by atoms with Gasteiger partial charge in [-0.25, -0.2) is 0 Å². The van der Waals surface area contributed by atoms with Gasteiger partial charge in [-0.15, -0.1) is 0 Å². The van der Waals surface area contributed by atoms with Crippen molar-refractivity contribution in [2.45, 2.75) is 52.4 Å². The summed E-state index contributed by atoms with van der Waals surface area (Å²) >= 11 is 0. The molecule has 40 heavy (non-hydrogen) atoms. The van der Waals surface area contributed by atoms with Gasteiger partial charge in [0.1, 0.15) is 0 Å². The van der Waals surface area contributed by atoms with E-state index >= 15 is 0 Å². The van der Waals surface area contributed by atoms with Gasteiger partial charge in [0.25, 0.3) is 0 Å². The number of benzene rings is 5. The summed E-state index contributed by atoms with van der Waals surface area (Å²) in [6, 6.07) is 34.3. The summed E-state index contributed by atoms with van der Waals surface area (Å²) in [7, 11) is 1.70. The average molecular weight is 531 g/mol. The third-order valence-electron chi connectivity index (χ3n) is 8.20. The van der Waals surface area contributed by atoms with Gasteiger partial charge in [0, 0.05) is 19.6 Å². The van der Waals surface area contributed by atoms with E-state index < -0.39 is 0 Å². The molecule has 0 aromatic heterocycles. The van der Waals surface area contributed by atoms with Crippen LogP contribution in [0.1, 0.15) is 48.1 Å². The Morgan fingerprint density at radius 1 is 0.600 bits per heavy atom. The fourth-order valence-corrected chi connectivity index (χ4v) is 5.95. The van der Waals surface area contributed by atoms with Crippen molar-refractivity contribution in [1.29, 1.82) is 0 Å². The van der Waals surface area contributed by atoms with Crippen molar-refractivity contribution in [3.63, 3.8) is 0 Å². The quantitative estimate of drug-likeness (QED) is 0.175. The molecule has 0 amide bonds. The first-order valence-corrected chi connectivity index (χ1v) is 14.9. The monoisotopic (exact) mass is 530 g/mol. The second kappa shape index (κ2) is 13.3. The smallest absolute Gasteiger partial charge is 0.0515 e. The molecule has 0 heterocycles. The summed E-state index contributed by atoms with van der Waals surface area (Å²) in [5.41, 5.74) is 9.44. The van der Waals surface area contributed by atoms with Crippen molar-refractivity contribution < 1.29 is 9.84 Å². The van der Waals surface area contributed by atoms with E-state index in [-0.39, 0.29) is 12.5 Å². The molecule has 0 aliphatic heterocycles. The van der Waals surface area contributed by atoms with Crippen LogP contribution in [0, 0.1) is 5.92 Å². The van der Waals surface area contributed by atoms with E-state index in [1.54, 1.807) is 7.11 Å². The van der Waals surface area contributed by atoms with E-state index in [1.165, 1.54) is 66.9 Å². The molecule has 0 bridgehead atoms. The molecule has 1 atom stereocenters. The molecule has 2 heteroatoms. The number of aliphatic hydroxyl groups excluding tert-OH is 1. The number of aryl methyl sites for hydroxylation is 4. The zero-order valence-corrected chi connectivity index (χ0v) is 24.2. The lowest BCUT2D eigenvalue weighted by Crippen LogP contribution is -2.16. The highest BCUT2D eigenvalue weighted by Crippen LogP contribution is 2.29. The van der Waals surface area contributed by atoms with E-state index in [1.807, 2.05) is 0 Å². The van der Waals surface area contributed by atoms with E-state index in [4.69, 9.17) is 4.74 Å². The standard InChI is InChI=1S/C38H42O2/c1-4-6-27-8-13-35-23-37(17-15-33(35)20-27)38-18-16-34-21-28(9-14-36(34)24-38)7-11-32-12-10-29(22-31(32)5-2)19-30(25-39)26-40-3/h8-10,12-18,20-24,30,39H,4-7,11,19,25-26H2,1-3H3. The number of fused-ring (bicyclic) bond motifs is 2. The van der Waals surface area contributed by atoms with Crippen molar-refractivity contribution in [3.8, 4) is 11.1 Å². The lowest BCUT2D eigenvalue weighted by molar-refractivity contribution is 0.110. The fraction of sp³-hybridized carbons (Fsp3) is 0.316. The Hall–Kier alpha value is -3.46. The number of methoxy groups -OCH3 is 1. The second-order valence-corrected chi connectivity index (χ2v) is 11.2.